The Balaban J connectivity index is 1.96. The Bertz CT molecular complexity index is 1410. The summed E-state index contributed by atoms with van der Waals surface area (Å²) < 4.78 is 23.6. The highest BCUT2D eigenvalue weighted by Crippen LogP contribution is 2.26. The Morgan fingerprint density at radius 2 is 1.85 bits per heavy atom. The van der Waals surface area contributed by atoms with Crippen LogP contribution in [0.2, 0.25) is 5.02 Å². The van der Waals surface area contributed by atoms with Crippen molar-refractivity contribution in [2.75, 3.05) is 6.61 Å². The first-order valence-corrected chi connectivity index (χ1v) is 10.8. The third-order valence-corrected chi connectivity index (χ3v) is 5.45. The molecule has 0 saturated carbocycles. The summed E-state index contributed by atoms with van der Waals surface area (Å²) in [6.45, 7) is 2.15. The molecule has 2 aromatic heterocycles. The monoisotopic (exact) mass is 472 g/mol. The first kappa shape index (κ1) is 22.8. The normalized spacial score (nSPS) is 11.3. The minimum atomic E-state index is -0.538. The molecule has 0 bridgehead atoms. The number of aliphatic hydroxyl groups is 1. The zero-order chi connectivity index (χ0) is 23.5. The number of aliphatic hydroxyl groups excluding tert-OH is 1. The maximum atomic E-state index is 13.7. The van der Waals surface area contributed by atoms with Crippen molar-refractivity contribution in [3.63, 3.8) is 0 Å². The summed E-state index contributed by atoms with van der Waals surface area (Å²) in [4.78, 5) is 30.8. The number of nitrogens with zero attached hydrogens (tertiary/aromatic N) is 4. The highest BCUT2D eigenvalue weighted by molar-refractivity contribution is 6.30. The van der Waals surface area contributed by atoms with Crippen molar-refractivity contribution in [2.24, 2.45) is 0 Å². The van der Waals surface area contributed by atoms with Gasteiger partial charge in [0.2, 0.25) is 0 Å². The van der Waals surface area contributed by atoms with Crippen LogP contribution in [0.25, 0.3) is 11.2 Å². The molecule has 0 aliphatic rings. The molecule has 0 saturated heterocycles. The molecule has 2 heterocycles. The minimum absolute atomic E-state index is 0.0455. The van der Waals surface area contributed by atoms with Gasteiger partial charge >= 0.3 is 11.7 Å². The van der Waals surface area contributed by atoms with Gasteiger partial charge in [0, 0.05) is 30.8 Å². The van der Waals surface area contributed by atoms with Gasteiger partial charge in [-0.25, -0.2) is 9.18 Å². The van der Waals surface area contributed by atoms with Gasteiger partial charge in [0.1, 0.15) is 11.6 Å². The molecule has 10 heteroatoms. The quantitative estimate of drug-likeness (QED) is 0.424. The van der Waals surface area contributed by atoms with E-state index in [9.17, 15) is 19.1 Å². The molecule has 0 spiro atoms. The number of halogens is 2. The fraction of sp³-hybridized carbons (Fsp3) is 0.261. The van der Waals surface area contributed by atoms with Gasteiger partial charge < -0.3 is 9.84 Å². The predicted molar refractivity (Wildman–Crippen MR) is 123 cm³/mol. The molecule has 0 atom stereocenters. The number of ether oxygens (including phenoxy) is 1. The van der Waals surface area contributed by atoms with Crippen molar-refractivity contribution in [1.82, 2.24) is 18.7 Å². The number of aromatic nitrogens is 4. The van der Waals surface area contributed by atoms with Crippen molar-refractivity contribution in [2.45, 2.75) is 33.0 Å². The van der Waals surface area contributed by atoms with Crippen LogP contribution in [0.3, 0.4) is 0 Å². The van der Waals surface area contributed by atoms with Gasteiger partial charge in [0.05, 0.1) is 6.54 Å². The molecular weight excluding hydrogens is 451 g/mol. The molecule has 0 aliphatic heterocycles. The molecule has 0 amide bonds. The standard InChI is InChI=1S/C23H22ClFN4O4/c1-2-27-20-19(21(31)28(23(27)32)11-4-12-30)29(14-15-7-9-16(24)10-8-15)22(26-20)33-18-6-3-5-17(25)13-18/h3,5-10,13,30H,2,4,11-12,14H2,1H3. The average Bonchev–Trinajstić information content (AvgIpc) is 3.13. The van der Waals surface area contributed by atoms with E-state index < -0.39 is 17.1 Å². The summed E-state index contributed by atoms with van der Waals surface area (Å²) in [5.41, 5.74) is 0.114. The second-order valence-corrected chi connectivity index (χ2v) is 7.84. The Morgan fingerprint density at radius 3 is 2.52 bits per heavy atom. The summed E-state index contributed by atoms with van der Waals surface area (Å²) in [5, 5.41) is 9.77. The number of imidazole rings is 1. The maximum absolute atomic E-state index is 13.7. The van der Waals surface area contributed by atoms with Crippen molar-refractivity contribution < 1.29 is 14.2 Å². The average molecular weight is 473 g/mol. The number of rotatable bonds is 8. The third kappa shape index (κ3) is 4.55. The van der Waals surface area contributed by atoms with E-state index in [1.807, 2.05) is 0 Å². The van der Waals surface area contributed by atoms with Crippen molar-refractivity contribution in [3.05, 3.63) is 85.8 Å². The van der Waals surface area contributed by atoms with E-state index in [2.05, 4.69) is 4.98 Å². The lowest BCUT2D eigenvalue weighted by atomic mass is 10.2. The second-order valence-electron chi connectivity index (χ2n) is 7.40. The SMILES string of the molecule is CCn1c(=O)n(CCCO)c(=O)c2c1nc(Oc1cccc(F)c1)n2Cc1ccc(Cl)cc1. The summed E-state index contributed by atoms with van der Waals surface area (Å²) in [7, 11) is 0. The van der Waals surface area contributed by atoms with E-state index in [-0.39, 0.29) is 55.6 Å². The largest absolute Gasteiger partial charge is 0.425 e. The highest BCUT2D eigenvalue weighted by atomic mass is 35.5. The number of aryl methyl sites for hydroxylation is 1. The molecule has 1 N–H and O–H groups in total. The molecule has 172 valence electrons. The highest BCUT2D eigenvalue weighted by Gasteiger charge is 2.22. The third-order valence-electron chi connectivity index (χ3n) is 5.19. The van der Waals surface area contributed by atoms with Gasteiger partial charge in [-0.2, -0.15) is 4.98 Å². The Labute approximate surface area is 193 Å². The summed E-state index contributed by atoms with van der Waals surface area (Å²) in [6.07, 6.45) is 0.252. The number of benzene rings is 2. The second kappa shape index (κ2) is 9.60. The molecule has 33 heavy (non-hydrogen) atoms. The van der Waals surface area contributed by atoms with Crippen LogP contribution in [0.15, 0.2) is 58.1 Å². The fourth-order valence-electron chi connectivity index (χ4n) is 3.61. The topological polar surface area (TPSA) is 91.3 Å². The van der Waals surface area contributed by atoms with Crippen LogP contribution in [-0.2, 0) is 19.6 Å². The van der Waals surface area contributed by atoms with Crippen LogP contribution in [0.5, 0.6) is 11.8 Å². The van der Waals surface area contributed by atoms with Gasteiger partial charge in [-0.15, -0.1) is 0 Å². The van der Waals surface area contributed by atoms with Gasteiger partial charge in [-0.1, -0.05) is 29.8 Å². The van der Waals surface area contributed by atoms with Gasteiger partial charge in [-0.3, -0.25) is 18.5 Å². The van der Waals surface area contributed by atoms with E-state index in [0.29, 0.717) is 5.02 Å². The molecule has 0 unspecified atom stereocenters. The summed E-state index contributed by atoms with van der Waals surface area (Å²) in [5.74, 6) is -0.279. The van der Waals surface area contributed by atoms with E-state index in [0.717, 1.165) is 10.1 Å². The Morgan fingerprint density at radius 1 is 1.09 bits per heavy atom. The zero-order valence-corrected chi connectivity index (χ0v) is 18.6. The molecule has 2 aromatic carbocycles. The molecule has 0 fully saturated rings. The number of fused-ring (bicyclic) bond motifs is 1. The molecule has 0 aliphatic carbocycles. The van der Waals surface area contributed by atoms with Crippen LogP contribution < -0.4 is 16.0 Å². The molecule has 4 rings (SSSR count). The van der Waals surface area contributed by atoms with Gasteiger partial charge in [0.15, 0.2) is 11.2 Å². The van der Waals surface area contributed by atoms with Crippen LogP contribution in [0.4, 0.5) is 4.39 Å². The van der Waals surface area contributed by atoms with Crippen molar-refractivity contribution in [1.29, 1.82) is 0 Å². The lowest BCUT2D eigenvalue weighted by Gasteiger charge is -2.12. The molecule has 4 aromatic rings. The first-order chi connectivity index (χ1) is 15.9. The maximum Gasteiger partial charge on any atom is 0.332 e. The summed E-state index contributed by atoms with van der Waals surface area (Å²) >= 11 is 6.00. The minimum Gasteiger partial charge on any atom is -0.425 e. The Hall–Kier alpha value is -3.43. The van der Waals surface area contributed by atoms with Crippen LogP contribution in [0, 0.1) is 5.82 Å². The fourth-order valence-corrected chi connectivity index (χ4v) is 3.74. The molecule has 0 radical (unpaired) electrons. The lowest BCUT2D eigenvalue weighted by Crippen LogP contribution is -2.40. The van der Waals surface area contributed by atoms with E-state index >= 15 is 0 Å². The number of hydrogen-bond acceptors (Lipinski definition) is 5. The van der Waals surface area contributed by atoms with E-state index in [1.165, 1.54) is 22.8 Å². The van der Waals surface area contributed by atoms with Gasteiger partial charge in [0.25, 0.3) is 5.56 Å². The lowest BCUT2D eigenvalue weighted by molar-refractivity contribution is 0.277. The summed E-state index contributed by atoms with van der Waals surface area (Å²) in [6, 6.07) is 12.7. The van der Waals surface area contributed by atoms with Crippen LogP contribution in [0.1, 0.15) is 18.9 Å². The molecular formula is C23H22ClFN4O4. The molecule has 8 nitrogen and oxygen atoms in total. The van der Waals surface area contributed by atoms with Crippen LogP contribution in [-0.4, -0.2) is 30.4 Å². The zero-order valence-electron chi connectivity index (χ0n) is 17.9. The number of hydrogen-bond donors (Lipinski definition) is 1. The Kier molecular flexibility index (Phi) is 6.62. The first-order valence-electron chi connectivity index (χ1n) is 10.5. The van der Waals surface area contributed by atoms with Crippen LogP contribution >= 0.6 is 11.6 Å². The predicted octanol–water partition coefficient (Wildman–Crippen LogP) is 3.40. The van der Waals surface area contributed by atoms with E-state index in [4.69, 9.17) is 16.3 Å². The van der Waals surface area contributed by atoms with E-state index in [1.54, 1.807) is 41.8 Å². The van der Waals surface area contributed by atoms with Crippen molar-refractivity contribution >= 4 is 22.8 Å². The smallest absolute Gasteiger partial charge is 0.332 e. The van der Waals surface area contributed by atoms with Gasteiger partial charge in [-0.05, 0) is 43.2 Å². The van der Waals surface area contributed by atoms with Crippen molar-refractivity contribution in [3.8, 4) is 11.8 Å².